The Kier molecular flexibility index (Phi) is 3.26. The Bertz CT molecular complexity index is 280. The average molecular weight is 191 g/mol. The molecule has 1 aliphatic carbocycles. The molecule has 0 aliphatic heterocycles. The van der Waals surface area contributed by atoms with Crippen LogP contribution in [0.15, 0.2) is 11.3 Å². The Morgan fingerprint density at radius 3 is 2.29 bits per heavy atom. The van der Waals surface area contributed by atoms with Gasteiger partial charge in [-0.1, -0.05) is 26.7 Å². The van der Waals surface area contributed by atoms with Gasteiger partial charge in [-0.25, -0.2) is 0 Å². The van der Waals surface area contributed by atoms with Crippen molar-refractivity contribution in [3.8, 4) is 12.3 Å². The zero-order chi connectivity index (χ0) is 10.9. The lowest BCUT2D eigenvalue weighted by molar-refractivity contribution is 0.398. The molecule has 78 valence electrons. The second-order valence-corrected chi connectivity index (χ2v) is 4.72. The normalized spacial score (nSPS) is 26.9. The lowest BCUT2D eigenvalue weighted by Gasteiger charge is -2.22. The van der Waals surface area contributed by atoms with E-state index < -0.39 is 0 Å². The van der Waals surface area contributed by atoms with Gasteiger partial charge in [0.2, 0.25) is 0 Å². The second-order valence-electron chi connectivity index (χ2n) is 4.72. The monoisotopic (exact) mass is 191 g/mol. The van der Waals surface area contributed by atoms with E-state index in [1.54, 1.807) is 0 Å². The van der Waals surface area contributed by atoms with Crippen molar-refractivity contribution in [1.29, 1.82) is 0 Å². The molecule has 0 aromatic rings. The summed E-state index contributed by atoms with van der Waals surface area (Å²) < 4.78 is 0. The molecule has 1 rings (SSSR count). The minimum Gasteiger partial charge on any atom is -0.365 e. The molecule has 1 heteroatoms. The van der Waals surface area contributed by atoms with Gasteiger partial charge in [0.25, 0.3) is 0 Å². The predicted octanol–water partition coefficient (Wildman–Crippen LogP) is 2.89. The maximum atomic E-state index is 5.57. The molecule has 0 radical (unpaired) electrons. The van der Waals surface area contributed by atoms with E-state index in [1.807, 2.05) is 0 Å². The zero-order valence-corrected chi connectivity index (χ0v) is 9.96. The first kappa shape index (κ1) is 11.2. The molecule has 1 nitrogen and oxygen atoms in total. The quantitative estimate of drug-likeness (QED) is 0.620. The average Bonchev–Trinajstić information content (AvgIpc) is 2.83. The number of allylic oxidation sites excluding steroid dienone is 2. The summed E-state index contributed by atoms with van der Waals surface area (Å²) in [6.07, 6.45) is 6.86. The topological polar surface area (TPSA) is 3.24 Å². The molecule has 1 fully saturated rings. The molecule has 0 saturated heterocycles. The van der Waals surface area contributed by atoms with Crippen molar-refractivity contribution in [1.82, 2.24) is 4.90 Å². The van der Waals surface area contributed by atoms with Crippen molar-refractivity contribution in [2.75, 3.05) is 7.05 Å². The van der Waals surface area contributed by atoms with Crippen molar-refractivity contribution in [2.24, 2.45) is 11.8 Å². The van der Waals surface area contributed by atoms with Crippen LogP contribution in [0.4, 0.5) is 0 Å². The molecule has 1 aliphatic rings. The van der Waals surface area contributed by atoms with Crippen LogP contribution in [0.1, 0.15) is 34.1 Å². The van der Waals surface area contributed by atoms with Gasteiger partial charge in [-0.05, 0) is 30.8 Å². The second kappa shape index (κ2) is 4.09. The fraction of sp³-hybridized carbons (Fsp3) is 0.692. The van der Waals surface area contributed by atoms with Gasteiger partial charge < -0.3 is 4.90 Å². The van der Waals surface area contributed by atoms with Gasteiger partial charge in [0.1, 0.15) is 0 Å². The molecule has 0 aromatic carbocycles. The zero-order valence-electron chi connectivity index (χ0n) is 9.96. The lowest BCUT2D eigenvalue weighted by Crippen LogP contribution is -2.22. The van der Waals surface area contributed by atoms with Crippen molar-refractivity contribution in [3.05, 3.63) is 11.3 Å². The summed E-state index contributed by atoms with van der Waals surface area (Å²) in [5.74, 6) is 4.18. The van der Waals surface area contributed by atoms with Crippen LogP contribution in [0.2, 0.25) is 0 Å². The van der Waals surface area contributed by atoms with Gasteiger partial charge >= 0.3 is 0 Å². The molecule has 0 aromatic heterocycles. The highest BCUT2D eigenvalue weighted by Gasteiger charge is 2.37. The third kappa shape index (κ3) is 2.12. The lowest BCUT2D eigenvalue weighted by atomic mass is 10.0. The first-order valence-corrected chi connectivity index (χ1v) is 5.39. The molecule has 0 spiro atoms. The SMILES string of the molecule is C#C/C(=C(/C)C(C)C)N(C)C1CC1C. The van der Waals surface area contributed by atoms with Crippen LogP contribution in [-0.4, -0.2) is 18.0 Å². The van der Waals surface area contributed by atoms with Crippen LogP contribution in [0.3, 0.4) is 0 Å². The van der Waals surface area contributed by atoms with Crippen LogP contribution < -0.4 is 0 Å². The molecule has 1 saturated carbocycles. The summed E-state index contributed by atoms with van der Waals surface area (Å²) in [6.45, 7) is 8.80. The Morgan fingerprint density at radius 2 is 2.00 bits per heavy atom. The molecular weight excluding hydrogens is 170 g/mol. The van der Waals surface area contributed by atoms with Crippen LogP contribution in [0.25, 0.3) is 0 Å². The molecule has 0 heterocycles. The fourth-order valence-electron chi connectivity index (χ4n) is 1.78. The smallest absolute Gasteiger partial charge is 0.0868 e. The summed E-state index contributed by atoms with van der Waals surface area (Å²) in [6, 6.07) is 0.676. The van der Waals surface area contributed by atoms with E-state index in [2.05, 4.69) is 45.6 Å². The molecule has 0 amide bonds. The highest BCUT2D eigenvalue weighted by molar-refractivity contribution is 5.31. The van der Waals surface area contributed by atoms with Gasteiger partial charge in [-0.3, -0.25) is 0 Å². The molecular formula is C13H21N. The number of hydrogen-bond acceptors (Lipinski definition) is 1. The fourth-order valence-corrected chi connectivity index (χ4v) is 1.78. The third-order valence-electron chi connectivity index (χ3n) is 3.29. The van der Waals surface area contributed by atoms with Gasteiger partial charge in [0, 0.05) is 13.1 Å². The summed E-state index contributed by atoms with van der Waals surface area (Å²) in [7, 11) is 2.12. The summed E-state index contributed by atoms with van der Waals surface area (Å²) in [5, 5.41) is 0. The van der Waals surface area contributed by atoms with Crippen LogP contribution in [0.5, 0.6) is 0 Å². The van der Waals surface area contributed by atoms with Gasteiger partial charge in [0.05, 0.1) is 5.70 Å². The maximum Gasteiger partial charge on any atom is 0.0868 e. The van der Waals surface area contributed by atoms with Crippen molar-refractivity contribution in [2.45, 2.75) is 40.2 Å². The molecule has 0 bridgehead atoms. The first-order chi connectivity index (χ1) is 6.49. The Labute approximate surface area is 88.2 Å². The first-order valence-electron chi connectivity index (χ1n) is 5.39. The van der Waals surface area contributed by atoms with Crippen molar-refractivity contribution in [3.63, 3.8) is 0 Å². The highest BCUT2D eigenvalue weighted by atomic mass is 15.2. The van der Waals surface area contributed by atoms with Crippen molar-refractivity contribution >= 4 is 0 Å². The van der Waals surface area contributed by atoms with E-state index in [0.29, 0.717) is 12.0 Å². The molecule has 2 unspecified atom stereocenters. The number of nitrogens with zero attached hydrogens (tertiary/aromatic N) is 1. The van der Waals surface area contributed by atoms with Gasteiger partial charge in [-0.15, -0.1) is 6.42 Å². The van der Waals surface area contributed by atoms with E-state index in [9.17, 15) is 0 Å². The van der Waals surface area contributed by atoms with Crippen molar-refractivity contribution < 1.29 is 0 Å². The minimum atomic E-state index is 0.539. The Morgan fingerprint density at radius 1 is 1.50 bits per heavy atom. The molecule has 14 heavy (non-hydrogen) atoms. The minimum absolute atomic E-state index is 0.539. The summed E-state index contributed by atoms with van der Waals surface area (Å²) >= 11 is 0. The predicted molar refractivity (Wildman–Crippen MR) is 61.7 cm³/mol. The maximum absolute atomic E-state index is 5.57. The van der Waals surface area contributed by atoms with E-state index in [4.69, 9.17) is 6.42 Å². The Balaban J connectivity index is 2.82. The third-order valence-corrected chi connectivity index (χ3v) is 3.29. The van der Waals surface area contributed by atoms with E-state index >= 15 is 0 Å². The van der Waals surface area contributed by atoms with E-state index in [0.717, 1.165) is 11.6 Å². The standard InChI is InChI=1S/C13H21N/c1-7-12(11(5)9(2)3)14(6)13-8-10(13)4/h1,9-10,13H,8H2,2-6H3/b12-11+. The highest BCUT2D eigenvalue weighted by Crippen LogP contribution is 2.36. The number of terminal acetylenes is 1. The van der Waals surface area contributed by atoms with E-state index in [-0.39, 0.29) is 0 Å². The number of hydrogen-bond donors (Lipinski definition) is 0. The van der Waals surface area contributed by atoms with Crippen LogP contribution in [0, 0.1) is 24.2 Å². The largest absolute Gasteiger partial charge is 0.365 e. The molecule has 2 atom stereocenters. The summed E-state index contributed by atoms with van der Waals surface area (Å²) in [5.41, 5.74) is 2.42. The van der Waals surface area contributed by atoms with Gasteiger partial charge in [0.15, 0.2) is 0 Å². The van der Waals surface area contributed by atoms with E-state index in [1.165, 1.54) is 12.0 Å². The Hall–Kier alpha value is -0.900. The molecule has 0 N–H and O–H groups in total. The summed E-state index contributed by atoms with van der Waals surface area (Å²) in [4.78, 5) is 2.28. The van der Waals surface area contributed by atoms with Crippen LogP contribution >= 0.6 is 0 Å². The number of rotatable bonds is 3. The van der Waals surface area contributed by atoms with Gasteiger partial charge in [-0.2, -0.15) is 0 Å². The van der Waals surface area contributed by atoms with Crippen LogP contribution in [-0.2, 0) is 0 Å².